The lowest BCUT2D eigenvalue weighted by Gasteiger charge is -2.22. The third-order valence-electron chi connectivity index (χ3n) is 5.57. The van der Waals surface area contributed by atoms with E-state index in [0.29, 0.717) is 17.8 Å². The van der Waals surface area contributed by atoms with Crippen LogP contribution in [0, 0.1) is 27.7 Å². The Morgan fingerprint density at radius 3 is 1.93 bits per heavy atom. The van der Waals surface area contributed by atoms with E-state index < -0.39 is 20.0 Å². The summed E-state index contributed by atoms with van der Waals surface area (Å²) in [6.07, 6.45) is 0.432. The molecular formula is C19H28N4O4S2. The largest absolute Gasteiger partial charge is 0.271 e. The molecule has 1 aliphatic heterocycles. The van der Waals surface area contributed by atoms with Crippen molar-refractivity contribution in [3.05, 3.63) is 40.7 Å². The van der Waals surface area contributed by atoms with Gasteiger partial charge in [-0.05, 0) is 57.4 Å². The van der Waals surface area contributed by atoms with Crippen molar-refractivity contribution in [1.82, 2.24) is 18.4 Å². The minimum atomic E-state index is -3.74. The van der Waals surface area contributed by atoms with Gasteiger partial charge in [0.2, 0.25) is 20.0 Å². The summed E-state index contributed by atoms with van der Waals surface area (Å²) in [5.74, 6) is 0. The van der Waals surface area contributed by atoms with Gasteiger partial charge in [0.1, 0.15) is 4.90 Å². The van der Waals surface area contributed by atoms with Crippen LogP contribution < -0.4 is 0 Å². The molecule has 1 aromatic heterocycles. The molecule has 2 heterocycles. The van der Waals surface area contributed by atoms with Crippen LogP contribution in [0.2, 0.25) is 0 Å². The highest BCUT2D eigenvalue weighted by Crippen LogP contribution is 2.26. The standard InChI is InChI=1S/C19H28N4O4S2/c1-14-7-8-18(13-15(14)2)28(24,25)22-9-6-10-23(12-11-22)29(26,27)19-16(3)20-21(5)17(19)4/h7-8,13H,6,9-12H2,1-5H3. The summed E-state index contributed by atoms with van der Waals surface area (Å²) < 4.78 is 56.9. The fraction of sp³-hybridized carbons (Fsp3) is 0.526. The number of aromatic nitrogens is 2. The van der Waals surface area contributed by atoms with E-state index >= 15 is 0 Å². The summed E-state index contributed by atoms with van der Waals surface area (Å²) in [4.78, 5) is 0.460. The highest BCUT2D eigenvalue weighted by atomic mass is 32.2. The Balaban J connectivity index is 1.85. The first-order valence-electron chi connectivity index (χ1n) is 9.54. The third kappa shape index (κ3) is 3.98. The Kier molecular flexibility index (Phi) is 5.92. The Bertz CT molecular complexity index is 1140. The third-order valence-corrected chi connectivity index (χ3v) is 9.62. The molecule has 0 radical (unpaired) electrons. The summed E-state index contributed by atoms with van der Waals surface area (Å²) in [5.41, 5.74) is 2.96. The van der Waals surface area contributed by atoms with E-state index in [0.717, 1.165) is 11.1 Å². The van der Waals surface area contributed by atoms with Gasteiger partial charge in [-0.1, -0.05) is 6.07 Å². The zero-order chi connectivity index (χ0) is 21.6. The van der Waals surface area contributed by atoms with E-state index in [-0.39, 0.29) is 36.0 Å². The van der Waals surface area contributed by atoms with Gasteiger partial charge in [-0.2, -0.15) is 13.7 Å². The normalized spacial score (nSPS) is 17.4. The van der Waals surface area contributed by atoms with E-state index in [1.165, 1.54) is 8.61 Å². The summed E-state index contributed by atoms with van der Waals surface area (Å²) in [7, 11) is -5.71. The first-order valence-corrected chi connectivity index (χ1v) is 12.4. The van der Waals surface area contributed by atoms with Crippen LogP contribution >= 0.6 is 0 Å². The maximum atomic E-state index is 13.2. The Morgan fingerprint density at radius 2 is 1.41 bits per heavy atom. The van der Waals surface area contributed by atoms with Crippen LogP contribution in [-0.4, -0.2) is 61.4 Å². The van der Waals surface area contributed by atoms with E-state index in [1.54, 1.807) is 43.8 Å². The van der Waals surface area contributed by atoms with Gasteiger partial charge in [0.25, 0.3) is 0 Å². The fourth-order valence-electron chi connectivity index (χ4n) is 3.63. The Hall–Kier alpha value is -1.75. The van der Waals surface area contributed by atoms with E-state index in [2.05, 4.69) is 5.10 Å². The molecule has 3 rings (SSSR count). The summed E-state index contributed by atoms with van der Waals surface area (Å²) in [6, 6.07) is 5.08. The number of benzene rings is 1. The van der Waals surface area contributed by atoms with Crippen LogP contribution in [0.1, 0.15) is 28.9 Å². The van der Waals surface area contributed by atoms with E-state index in [9.17, 15) is 16.8 Å². The average molecular weight is 441 g/mol. The van der Waals surface area contributed by atoms with Crippen molar-refractivity contribution in [2.24, 2.45) is 7.05 Å². The van der Waals surface area contributed by atoms with Crippen molar-refractivity contribution in [1.29, 1.82) is 0 Å². The number of nitrogens with zero attached hydrogens (tertiary/aromatic N) is 4. The zero-order valence-corrected chi connectivity index (χ0v) is 19.1. The van der Waals surface area contributed by atoms with Crippen molar-refractivity contribution in [3.63, 3.8) is 0 Å². The highest BCUT2D eigenvalue weighted by Gasteiger charge is 2.34. The van der Waals surface area contributed by atoms with Gasteiger partial charge in [-0.3, -0.25) is 4.68 Å². The smallest absolute Gasteiger partial charge is 0.246 e. The highest BCUT2D eigenvalue weighted by molar-refractivity contribution is 7.89. The maximum Gasteiger partial charge on any atom is 0.246 e. The minimum Gasteiger partial charge on any atom is -0.271 e. The predicted octanol–water partition coefficient (Wildman–Crippen LogP) is 1.74. The van der Waals surface area contributed by atoms with Gasteiger partial charge in [0, 0.05) is 33.2 Å². The summed E-state index contributed by atoms with van der Waals surface area (Å²) >= 11 is 0. The van der Waals surface area contributed by atoms with Gasteiger partial charge >= 0.3 is 0 Å². The van der Waals surface area contributed by atoms with Crippen LogP contribution in [0.15, 0.2) is 28.0 Å². The fourth-order valence-corrected chi connectivity index (χ4v) is 7.06. The van der Waals surface area contributed by atoms with Crippen molar-refractivity contribution in [2.45, 2.75) is 43.9 Å². The first-order chi connectivity index (χ1) is 13.5. The zero-order valence-electron chi connectivity index (χ0n) is 17.5. The molecule has 1 aromatic carbocycles. The van der Waals surface area contributed by atoms with Crippen LogP contribution in [0.25, 0.3) is 0 Å². The molecule has 29 heavy (non-hydrogen) atoms. The molecule has 0 spiro atoms. The predicted molar refractivity (Wildman–Crippen MR) is 111 cm³/mol. The monoisotopic (exact) mass is 440 g/mol. The van der Waals surface area contributed by atoms with E-state index in [4.69, 9.17) is 0 Å². The van der Waals surface area contributed by atoms with Gasteiger partial charge in [0.15, 0.2) is 0 Å². The van der Waals surface area contributed by atoms with Crippen molar-refractivity contribution in [2.75, 3.05) is 26.2 Å². The lowest BCUT2D eigenvalue weighted by atomic mass is 10.1. The van der Waals surface area contributed by atoms with Crippen LogP contribution in [0.5, 0.6) is 0 Å². The molecule has 1 fully saturated rings. The second-order valence-electron chi connectivity index (χ2n) is 7.53. The molecule has 0 aliphatic carbocycles. The molecular weight excluding hydrogens is 412 g/mol. The van der Waals surface area contributed by atoms with Crippen LogP contribution in [0.3, 0.4) is 0 Å². The second kappa shape index (κ2) is 7.82. The Labute approximate surface area is 173 Å². The summed E-state index contributed by atoms with van der Waals surface area (Å²) in [6.45, 7) is 8.00. The molecule has 160 valence electrons. The first kappa shape index (κ1) is 21.9. The lowest BCUT2D eigenvalue weighted by molar-refractivity contribution is 0.404. The second-order valence-corrected chi connectivity index (χ2v) is 11.3. The molecule has 0 bridgehead atoms. The molecule has 8 nitrogen and oxygen atoms in total. The van der Waals surface area contributed by atoms with Crippen molar-refractivity contribution in [3.8, 4) is 0 Å². The van der Waals surface area contributed by atoms with Gasteiger partial charge < -0.3 is 0 Å². The molecule has 0 atom stereocenters. The van der Waals surface area contributed by atoms with E-state index in [1.807, 2.05) is 13.8 Å². The van der Waals surface area contributed by atoms with Crippen LogP contribution in [0.4, 0.5) is 0 Å². The average Bonchev–Trinajstić information content (AvgIpc) is 2.82. The molecule has 0 unspecified atom stereocenters. The number of aryl methyl sites for hydroxylation is 4. The number of sulfonamides is 2. The molecule has 0 saturated carbocycles. The molecule has 0 N–H and O–H groups in total. The summed E-state index contributed by atoms with van der Waals surface area (Å²) in [5, 5.41) is 4.21. The topological polar surface area (TPSA) is 92.6 Å². The number of hydrogen-bond donors (Lipinski definition) is 0. The van der Waals surface area contributed by atoms with Gasteiger partial charge in [0.05, 0.1) is 16.3 Å². The van der Waals surface area contributed by atoms with Crippen molar-refractivity contribution < 1.29 is 16.8 Å². The molecule has 0 amide bonds. The SMILES string of the molecule is Cc1ccc(S(=O)(=O)N2CCCN(S(=O)(=O)c3c(C)nn(C)c3C)CC2)cc1C. The number of hydrogen-bond acceptors (Lipinski definition) is 5. The van der Waals surface area contributed by atoms with Gasteiger partial charge in [-0.15, -0.1) is 0 Å². The maximum absolute atomic E-state index is 13.2. The molecule has 1 aliphatic rings. The molecule has 2 aromatic rings. The molecule has 10 heteroatoms. The quantitative estimate of drug-likeness (QED) is 0.722. The van der Waals surface area contributed by atoms with Crippen LogP contribution in [-0.2, 0) is 27.1 Å². The van der Waals surface area contributed by atoms with Crippen molar-refractivity contribution >= 4 is 20.0 Å². The Morgan fingerprint density at radius 1 is 0.828 bits per heavy atom. The van der Waals surface area contributed by atoms with Gasteiger partial charge in [-0.25, -0.2) is 16.8 Å². The number of rotatable bonds is 4. The lowest BCUT2D eigenvalue weighted by Crippen LogP contribution is -2.37. The molecule has 1 saturated heterocycles. The minimum absolute atomic E-state index is 0.111.